The number of hydrogen-bond donors (Lipinski definition) is 1. The molecule has 1 amide bonds. The predicted octanol–water partition coefficient (Wildman–Crippen LogP) is 2.37. The highest BCUT2D eigenvalue weighted by Gasteiger charge is 2.19. The van der Waals surface area contributed by atoms with Gasteiger partial charge in [0.05, 0.1) is 14.2 Å². The molecular formula is C19H20FN5O3. The van der Waals surface area contributed by atoms with E-state index in [0.717, 1.165) is 5.56 Å². The van der Waals surface area contributed by atoms with E-state index in [1.54, 1.807) is 45.4 Å². The van der Waals surface area contributed by atoms with Crippen molar-refractivity contribution in [2.45, 2.75) is 19.5 Å². The molecule has 146 valence electrons. The van der Waals surface area contributed by atoms with Gasteiger partial charge in [0.25, 0.3) is 0 Å². The Morgan fingerprint density at radius 3 is 2.68 bits per heavy atom. The van der Waals surface area contributed by atoms with E-state index >= 15 is 0 Å². The number of carbonyl (C=O) groups excluding carboxylic acids is 1. The molecule has 28 heavy (non-hydrogen) atoms. The number of tetrazole rings is 1. The average molecular weight is 385 g/mol. The zero-order chi connectivity index (χ0) is 20.1. The van der Waals surface area contributed by atoms with E-state index in [2.05, 4.69) is 20.7 Å². The average Bonchev–Trinajstić information content (AvgIpc) is 3.21. The molecule has 1 aromatic heterocycles. The summed E-state index contributed by atoms with van der Waals surface area (Å²) in [5, 5.41) is 14.8. The van der Waals surface area contributed by atoms with E-state index in [9.17, 15) is 9.18 Å². The van der Waals surface area contributed by atoms with Crippen LogP contribution in [-0.2, 0) is 11.3 Å². The highest BCUT2D eigenvalue weighted by Crippen LogP contribution is 2.27. The minimum absolute atomic E-state index is 0.249. The van der Waals surface area contributed by atoms with E-state index in [1.807, 2.05) is 6.07 Å². The number of benzene rings is 2. The third-order valence-electron chi connectivity index (χ3n) is 4.15. The van der Waals surface area contributed by atoms with E-state index in [1.165, 1.54) is 16.9 Å². The van der Waals surface area contributed by atoms with Crippen LogP contribution in [0.5, 0.6) is 11.5 Å². The zero-order valence-electron chi connectivity index (χ0n) is 15.7. The second kappa shape index (κ2) is 8.47. The molecule has 0 aliphatic carbocycles. The summed E-state index contributed by atoms with van der Waals surface area (Å²) in [6.07, 6.45) is 0. The summed E-state index contributed by atoms with van der Waals surface area (Å²) in [5.41, 5.74) is 1.34. The summed E-state index contributed by atoms with van der Waals surface area (Å²) >= 11 is 0. The molecule has 3 aromatic rings. The Balaban J connectivity index is 1.65. The summed E-state index contributed by atoms with van der Waals surface area (Å²) < 4.78 is 23.8. The maximum absolute atomic E-state index is 13.3. The van der Waals surface area contributed by atoms with Gasteiger partial charge in [-0.05, 0) is 42.0 Å². The maximum Gasteiger partial charge on any atom is 0.246 e. The first-order valence-corrected chi connectivity index (χ1v) is 8.56. The van der Waals surface area contributed by atoms with Crippen molar-refractivity contribution in [1.29, 1.82) is 0 Å². The molecule has 0 bridgehead atoms. The van der Waals surface area contributed by atoms with Gasteiger partial charge in [-0.25, -0.2) is 4.39 Å². The minimum atomic E-state index is -0.685. The van der Waals surface area contributed by atoms with Crippen molar-refractivity contribution in [3.05, 3.63) is 53.8 Å². The lowest BCUT2D eigenvalue weighted by atomic mass is 10.2. The maximum atomic E-state index is 13.3. The summed E-state index contributed by atoms with van der Waals surface area (Å²) in [6, 6.07) is 10.6. The number of carbonyl (C=O) groups is 1. The van der Waals surface area contributed by atoms with Gasteiger partial charge in [-0.1, -0.05) is 18.2 Å². The van der Waals surface area contributed by atoms with Crippen LogP contribution < -0.4 is 14.8 Å². The van der Waals surface area contributed by atoms with E-state index in [4.69, 9.17) is 9.47 Å². The molecule has 0 unspecified atom stereocenters. The molecule has 0 aliphatic heterocycles. The summed E-state index contributed by atoms with van der Waals surface area (Å²) in [6.45, 7) is 1.95. The number of nitrogens with zero attached hydrogens (tertiary/aromatic N) is 4. The third kappa shape index (κ3) is 4.25. The molecule has 0 saturated heterocycles. The Bertz CT molecular complexity index is 976. The number of amides is 1. The van der Waals surface area contributed by atoms with Gasteiger partial charge in [0, 0.05) is 12.1 Å². The van der Waals surface area contributed by atoms with E-state index < -0.39 is 11.9 Å². The smallest absolute Gasteiger partial charge is 0.246 e. The molecule has 1 N–H and O–H groups in total. The Kier molecular flexibility index (Phi) is 5.83. The number of halogens is 1. The van der Waals surface area contributed by atoms with Crippen LogP contribution in [-0.4, -0.2) is 40.3 Å². The summed E-state index contributed by atoms with van der Waals surface area (Å²) in [5.74, 6) is 0.772. The van der Waals surface area contributed by atoms with Gasteiger partial charge in [0.2, 0.25) is 11.7 Å². The molecule has 2 aromatic carbocycles. The SMILES string of the molecule is COc1ccc(CNC(=O)[C@H](C)n2nnc(-c3cccc(F)c3)n2)cc1OC. The van der Waals surface area contributed by atoms with Crippen LogP contribution in [0.2, 0.25) is 0 Å². The van der Waals surface area contributed by atoms with Gasteiger partial charge >= 0.3 is 0 Å². The summed E-state index contributed by atoms with van der Waals surface area (Å²) in [4.78, 5) is 13.6. The molecule has 9 heteroatoms. The van der Waals surface area contributed by atoms with Crippen LogP contribution in [0.25, 0.3) is 11.4 Å². The van der Waals surface area contributed by atoms with Gasteiger partial charge in [-0.15, -0.1) is 10.2 Å². The Morgan fingerprint density at radius 1 is 1.18 bits per heavy atom. The van der Waals surface area contributed by atoms with Crippen molar-refractivity contribution >= 4 is 5.91 Å². The Labute approximate surface area is 161 Å². The van der Waals surface area contributed by atoms with Crippen LogP contribution in [0.1, 0.15) is 18.5 Å². The fraction of sp³-hybridized carbons (Fsp3) is 0.263. The molecule has 0 saturated carbocycles. The molecule has 0 radical (unpaired) electrons. The van der Waals surface area contributed by atoms with E-state index in [-0.39, 0.29) is 11.7 Å². The lowest BCUT2D eigenvalue weighted by molar-refractivity contribution is -0.124. The topological polar surface area (TPSA) is 91.2 Å². The first-order valence-electron chi connectivity index (χ1n) is 8.56. The number of aromatic nitrogens is 4. The normalized spacial score (nSPS) is 11.7. The molecule has 1 atom stereocenters. The second-order valence-electron chi connectivity index (χ2n) is 6.03. The quantitative estimate of drug-likeness (QED) is 0.671. The molecule has 3 rings (SSSR count). The minimum Gasteiger partial charge on any atom is -0.493 e. The van der Waals surface area contributed by atoms with Crippen molar-refractivity contribution in [3.63, 3.8) is 0 Å². The molecule has 0 spiro atoms. The number of ether oxygens (including phenoxy) is 2. The fourth-order valence-electron chi connectivity index (χ4n) is 2.56. The van der Waals surface area contributed by atoms with Crippen molar-refractivity contribution in [2.24, 2.45) is 0 Å². The van der Waals surface area contributed by atoms with Crippen molar-refractivity contribution < 1.29 is 18.7 Å². The number of methoxy groups -OCH3 is 2. The van der Waals surface area contributed by atoms with Crippen molar-refractivity contribution in [2.75, 3.05) is 14.2 Å². The highest BCUT2D eigenvalue weighted by atomic mass is 19.1. The first kappa shape index (κ1) is 19.3. The molecule has 8 nitrogen and oxygen atoms in total. The highest BCUT2D eigenvalue weighted by molar-refractivity contribution is 5.79. The third-order valence-corrected chi connectivity index (χ3v) is 4.15. The molecular weight excluding hydrogens is 365 g/mol. The van der Waals surface area contributed by atoms with Gasteiger partial charge in [0.1, 0.15) is 11.9 Å². The lowest BCUT2D eigenvalue weighted by Crippen LogP contribution is -2.31. The van der Waals surface area contributed by atoms with Crippen LogP contribution >= 0.6 is 0 Å². The second-order valence-corrected chi connectivity index (χ2v) is 6.03. The monoisotopic (exact) mass is 385 g/mol. The first-order chi connectivity index (χ1) is 13.5. The van der Waals surface area contributed by atoms with Gasteiger partial charge in [-0.3, -0.25) is 4.79 Å². The van der Waals surface area contributed by atoms with Crippen LogP contribution in [0, 0.1) is 5.82 Å². The van der Waals surface area contributed by atoms with Crippen LogP contribution in [0.15, 0.2) is 42.5 Å². The molecule has 1 heterocycles. The zero-order valence-corrected chi connectivity index (χ0v) is 15.7. The van der Waals surface area contributed by atoms with Gasteiger partial charge in [-0.2, -0.15) is 4.80 Å². The van der Waals surface area contributed by atoms with Crippen LogP contribution in [0.3, 0.4) is 0 Å². The van der Waals surface area contributed by atoms with Crippen LogP contribution in [0.4, 0.5) is 4.39 Å². The molecule has 0 fully saturated rings. The lowest BCUT2D eigenvalue weighted by Gasteiger charge is -2.12. The summed E-state index contributed by atoms with van der Waals surface area (Å²) in [7, 11) is 3.11. The fourth-order valence-corrected chi connectivity index (χ4v) is 2.56. The number of hydrogen-bond acceptors (Lipinski definition) is 6. The van der Waals surface area contributed by atoms with Crippen molar-refractivity contribution in [3.8, 4) is 22.9 Å². The standard InChI is InChI=1S/C19H20FN5O3/c1-12(25-23-18(22-24-25)14-5-4-6-15(20)10-14)19(26)21-11-13-7-8-16(27-2)17(9-13)28-3/h4-10,12H,11H2,1-3H3,(H,21,26)/t12-/m0/s1. The number of rotatable bonds is 7. The van der Waals surface area contributed by atoms with Crippen molar-refractivity contribution in [1.82, 2.24) is 25.5 Å². The van der Waals surface area contributed by atoms with Gasteiger partial charge < -0.3 is 14.8 Å². The Morgan fingerprint density at radius 2 is 1.96 bits per heavy atom. The predicted molar refractivity (Wildman–Crippen MR) is 99.3 cm³/mol. The van der Waals surface area contributed by atoms with Gasteiger partial charge in [0.15, 0.2) is 11.5 Å². The molecule has 0 aliphatic rings. The largest absolute Gasteiger partial charge is 0.493 e. The van der Waals surface area contributed by atoms with E-state index in [0.29, 0.717) is 23.6 Å². The number of nitrogens with one attached hydrogen (secondary N) is 1. The Hall–Kier alpha value is -3.49.